The summed E-state index contributed by atoms with van der Waals surface area (Å²) in [4.78, 5) is 10.9. The summed E-state index contributed by atoms with van der Waals surface area (Å²) >= 11 is 5.90. The highest BCUT2D eigenvalue weighted by atomic mass is 35.5. The summed E-state index contributed by atoms with van der Waals surface area (Å²) in [7, 11) is 0. The molecule has 0 bridgehead atoms. The average molecular weight is 331 g/mol. The van der Waals surface area contributed by atoms with Crippen LogP contribution in [0.3, 0.4) is 0 Å². The van der Waals surface area contributed by atoms with Gasteiger partial charge in [-0.25, -0.2) is 0 Å². The van der Waals surface area contributed by atoms with E-state index in [0.717, 1.165) is 12.1 Å². The zero-order valence-electron chi connectivity index (χ0n) is 11.0. The van der Waals surface area contributed by atoms with Crippen molar-refractivity contribution >= 4 is 17.6 Å². The monoisotopic (exact) mass is 330 g/mol. The normalized spacial score (nSPS) is 11.3. The molecule has 0 aliphatic heterocycles. The fourth-order valence-electron chi connectivity index (χ4n) is 1.97. The van der Waals surface area contributed by atoms with Crippen LogP contribution in [0.5, 0.6) is 5.75 Å². The molecular formula is C15H10ClF3O3. The number of hydrogen-bond acceptors (Lipinski definition) is 2. The van der Waals surface area contributed by atoms with E-state index in [1.165, 1.54) is 12.1 Å². The largest absolute Gasteiger partial charge is 0.573 e. The predicted octanol–water partition coefficient (Wildman–Crippen LogP) is 4.53. The second kappa shape index (κ2) is 6.27. The topological polar surface area (TPSA) is 46.5 Å². The zero-order valence-corrected chi connectivity index (χ0v) is 11.8. The fraction of sp³-hybridized carbons (Fsp3) is 0.133. The van der Waals surface area contributed by atoms with Crippen LogP contribution in [0.4, 0.5) is 13.2 Å². The maximum absolute atomic E-state index is 12.1. The first-order valence-electron chi connectivity index (χ1n) is 6.11. The van der Waals surface area contributed by atoms with Crippen molar-refractivity contribution in [1.29, 1.82) is 0 Å². The lowest BCUT2D eigenvalue weighted by atomic mass is 9.97. The van der Waals surface area contributed by atoms with Gasteiger partial charge in [0.2, 0.25) is 0 Å². The van der Waals surface area contributed by atoms with E-state index >= 15 is 0 Å². The molecule has 0 aliphatic rings. The first-order chi connectivity index (χ1) is 10.2. The lowest BCUT2D eigenvalue weighted by molar-refractivity contribution is -0.274. The number of alkyl halides is 3. The van der Waals surface area contributed by atoms with Crippen LogP contribution < -0.4 is 4.74 Å². The highest BCUT2D eigenvalue weighted by Crippen LogP contribution is 2.30. The minimum atomic E-state index is -4.76. The van der Waals surface area contributed by atoms with Gasteiger partial charge in [0.15, 0.2) is 0 Å². The van der Waals surface area contributed by atoms with Crippen LogP contribution in [0.1, 0.15) is 5.56 Å². The summed E-state index contributed by atoms with van der Waals surface area (Å²) in [5.74, 6) is -1.36. The molecule has 1 N–H and O–H groups in total. The number of carboxylic acids is 1. The van der Waals surface area contributed by atoms with Crippen LogP contribution >= 0.6 is 11.6 Å². The summed E-state index contributed by atoms with van der Waals surface area (Å²) in [6.07, 6.45) is -4.97. The highest BCUT2D eigenvalue weighted by Gasteiger charge is 2.31. The molecule has 0 radical (unpaired) electrons. The van der Waals surface area contributed by atoms with Gasteiger partial charge in [-0.1, -0.05) is 29.8 Å². The van der Waals surface area contributed by atoms with Crippen LogP contribution in [-0.4, -0.2) is 17.4 Å². The molecule has 116 valence electrons. The number of aliphatic carboxylic acids is 1. The molecule has 2 aromatic carbocycles. The molecule has 0 saturated heterocycles. The van der Waals surface area contributed by atoms with E-state index in [2.05, 4.69) is 4.74 Å². The number of rotatable bonds is 4. The van der Waals surface area contributed by atoms with Crippen LogP contribution in [0.2, 0.25) is 5.02 Å². The number of carbonyl (C=O) groups is 1. The molecule has 0 saturated carbocycles. The van der Waals surface area contributed by atoms with Gasteiger partial charge < -0.3 is 9.84 Å². The Hall–Kier alpha value is -2.21. The van der Waals surface area contributed by atoms with E-state index in [1.54, 1.807) is 18.2 Å². The van der Waals surface area contributed by atoms with Crippen LogP contribution in [-0.2, 0) is 11.2 Å². The maximum Gasteiger partial charge on any atom is 0.573 e. The first-order valence-corrected chi connectivity index (χ1v) is 6.49. The molecule has 0 fully saturated rings. The van der Waals surface area contributed by atoms with Gasteiger partial charge in [0, 0.05) is 5.02 Å². The smallest absolute Gasteiger partial charge is 0.481 e. The summed E-state index contributed by atoms with van der Waals surface area (Å²) in [6.45, 7) is 0. The molecule has 0 aliphatic carbocycles. The van der Waals surface area contributed by atoms with E-state index in [4.69, 9.17) is 16.7 Å². The molecule has 0 atom stereocenters. The molecule has 0 heterocycles. The highest BCUT2D eigenvalue weighted by molar-refractivity contribution is 6.30. The van der Waals surface area contributed by atoms with Gasteiger partial charge in [-0.2, -0.15) is 0 Å². The maximum atomic E-state index is 12.1. The second-order valence-electron chi connectivity index (χ2n) is 4.44. The van der Waals surface area contributed by atoms with Gasteiger partial charge in [-0.05, 0) is 41.0 Å². The van der Waals surface area contributed by atoms with E-state index in [0.29, 0.717) is 21.7 Å². The number of benzene rings is 2. The molecule has 0 aromatic heterocycles. The summed E-state index contributed by atoms with van der Waals surface area (Å²) in [5, 5.41) is 9.30. The van der Waals surface area contributed by atoms with Gasteiger partial charge in [0.1, 0.15) is 5.75 Å². The van der Waals surface area contributed by atoms with E-state index in [-0.39, 0.29) is 12.2 Å². The molecule has 0 spiro atoms. The quantitative estimate of drug-likeness (QED) is 0.895. The molecule has 22 heavy (non-hydrogen) atoms. The van der Waals surface area contributed by atoms with Crippen molar-refractivity contribution in [1.82, 2.24) is 0 Å². The lowest BCUT2D eigenvalue weighted by Crippen LogP contribution is -2.16. The molecule has 2 rings (SSSR count). The second-order valence-corrected chi connectivity index (χ2v) is 4.88. The first kappa shape index (κ1) is 16.2. The van der Waals surface area contributed by atoms with Gasteiger partial charge >= 0.3 is 12.3 Å². The predicted molar refractivity (Wildman–Crippen MR) is 74.9 cm³/mol. The number of hydrogen-bond donors (Lipinski definition) is 1. The lowest BCUT2D eigenvalue weighted by Gasteiger charge is -2.11. The van der Waals surface area contributed by atoms with Gasteiger partial charge in [-0.15, -0.1) is 13.2 Å². The third kappa shape index (κ3) is 4.39. The van der Waals surface area contributed by atoms with Crippen LogP contribution in [0, 0.1) is 0 Å². The average Bonchev–Trinajstić information content (AvgIpc) is 2.39. The Morgan fingerprint density at radius 1 is 1.14 bits per heavy atom. The standard InChI is InChI=1S/C15H10ClF3O3/c16-11-4-1-10(7-14(20)21)13(8-11)9-2-5-12(6-3-9)22-15(17,18)19/h1-6,8H,7H2,(H,20,21). The van der Waals surface area contributed by atoms with Crippen LogP contribution in [0.15, 0.2) is 42.5 Å². The third-order valence-corrected chi connectivity index (χ3v) is 3.05. The Labute approximate surface area is 128 Å². The van der Waals surface area contributed by atoms with Gasteiger partial charge in [0.05, 0.1) is 6.42 Å². The summed E-state index contributed by atoms with van der Waals surface area (Å²) in [5.41, 5.74) is 1.61. The van der Waals surface area contributed by atoms with Crippen molar-refractivity contribution < 1.29 is 27.8 Å². The zero-order chi connectivity index (χ0) is 16.3. The van der Waals surface area contributed by atoms with Crippen molar-refractivity contribution in [2.75, 3.05) is 0 Å². The summed E-state index contributed by atoms with van der Waals surface area (Å²) < 4.78 is 40.2. The van der Waals surface area contributed by atoms with Gasteiger partial charge in [-0.3, -0.25) is 4.79 Å². The molecule has 7 heteroatoms. The van der Waals surface area contributed by atoms with Crippen molar-refractivity contribution in [3.05, 3.63) is 53.1 Å². The Bertz CT molecular complexity index is 681. The number of carboxylic acid groups (broad SMARTS) is 1. The molecular weight excluding hydrogens is 321 g/mol. The fourth-order valence-corrected chi connectivity index (χ4v) is 2.14. The minimum absolute atomic E-state index is 0.215. The van der Waals surface area contributed by atoms with Crippen molar-refractivity contribution in [3.8, 4) is 16.9 Å². The Morgan fingerprint density at radius 2 is 1.77 bits per heavy atom. The summed E-state index contributed by atoms with van der Waals surface area (Å²) in [6, 6.07) is 9.86. The van der Waals surface area contributed by atoms with Crippen molar-refractivity contribution in [3.63, 3.8) is 0 Å². The van der Waals surface area contributed by atoms with E-state index in [1.807, 2.05) is 0 Å². The van der Waals surface area contributed by atoms with Crippen LogP contribution in [0.25, 0.3) is 11.1 Å². The van der Waals surface area contributed by atoms with E-state index in [9.17, 15) is 18.0 Å². The molecule has 0 amide bonds. The molecule has 0 unspecified atom stereocenters. The Balaban J connectivity index is 2.35. The van der Waals surface area contributed by atoms with Gasteiger partial charge in [0.25, 0.3) is 0 Å². The Kier molecular flexibility index (Phi) is 4.61. The number of halogens is 4. The minimum Gasteiger partial charge on any atom is -0.481 e. The molecule has 2 aromatic rings. The van der Waals surface area contributed by atoms with Crippen molar-refractivity contribution in [2.24, 2.45) is 0 Å². The SMILES string of the molecule is O=C(O)Cc1ccc(Cl)cc1-c1ccc(OC(F)(F)F)cc1. The number of ether oxygens (including phenoxy) is 1. The van der Waals surface area contributed by atoms with Crippen molar-refractivity contribution in [2.45, 2.75) is 12.8 Å². The van der Waals surface area contributed by atoms with E-state index < -0.39 is 12.3 Å². The molecule has 3 nitrogen and oxygen atoms in total. The third-order valence-electron chi connectivity index (χ3n) is 2.81. The Morgan fingerprint density at radius 3 is 2.32 bits per heavy atom.